The van der Waals surface area contributed by atoms with Gasteiger partial charge in [-0.1, -0.05) is 6.07 Å². The highest BCUT2D eigenvalue weighted by Gasteiger charge is 2.41. The van der Waals surface area contributed by atoms with Crippen molar-refractivity contribution in [3.63, 3.8) is 0 Å². The van der Waals surface area contributed by atoms with Crippen molar-refractivity contribution < 1.29 is 19.4 Å². The fraction of sp³-hybridized carbons (Fsp3) is 0.462. The number of rotatable bonds is 3. The second kappa shape index (κ2) is 4.62. The predicted octanol–water partition coefficient (Wildman–Crippen LogP) is 0.829. The second-order valence-corrected chi connectivity index (χ2v) is 4.90. The van der Waals surface area contributed by atoms with Gasteiger partial charge in [-0.3, -0.25) is 4.79 Å². The summed E-state index contributed by atoms with van der Waals surface area (Å²) in [5.74, 6) is -1.48. The zero-order valence-corrected chi connectivity index (χ0v) is 10.2. The number of aromatic nitrogens is 1. The number of carbonyl (C=O) groups is 2. The van der Waals surface area contributed by atoms with E-state index < -0.39 is 5.97 Å². The number of carbonyl (C=O) groups excluding carboxylic acids is 1. The van der Waals surface area contributed by atoms with Crippen molar-refractivity contribution in [1.29, 1.82) is 0 Å². The first kappa shape index (κ1) is 12.1. The number of hydrogen-bond donors (Lipinski definition) is 2. The van der Waals surface area contributed by atoms with Crippen molar-refractivity contribution in [2.24, 2.45) is 0 Å². The van der Waals surface area contributed by atoms with Gasteiger partial charge in [-0.2, -0.15) is 0 Å². The summed E-state index contributed by atoms with van der Waals surface area (Å²) >= 11 is 0. The molecular weight excluding hydrogens is 248 g/mol. The van der Waals surface area contributed by atoms with Crippen LogP contribution in [0.3, 0.4) is 0 Å². The van der Waals surface area contributed by atoms with Gasteiger partial charge < -0.3 is 15.2 Å². The lowest BCUT2D eigenvalue weighted by molar-refractivity contribution is 0.0690. The zero-order valence-electron chi connectivity index (χ0n) is 10.2. The third-order valence-corrected chi connectivity index (χ3v) is 3.62. The highest BCUT2D eigenvalue weighted by atomic mass is 16.5. The van der Waals surface area contributed by atoms with Crippen molar-refractivity contribution in [1.82, 2.24) is 10.3 Å². The van der Waals surface area contributed by atoms with Crippen LogP contribution in [0.2, 0.25) is 0 Å². The van der Waals surface area contributed by atoms with Crippen LogP contribution < -0.4 is 5.32 Å². The van der Waals surface area contributed by atoms with Gasteiger partial charge in [0, 0.05) is 0 Å². The maximum Gasteiger partial charge on any atom is 0.354 e. The summed E-state index contributed by atoms with van der Waals surface area (Å²) in [6.45, 7) is 0. The Morgan fingerprint density at radius 1 is 1.32 bits per heavy atom. The number of aromatic carboxylic acids is 1. The van der Waals surface area contributed by atoms with E-state index in [1.807, 2.05) is 0 Å². The van der Waals surface area contributed by atoms with Gasteiger partial charge in [-0.15, -0.1) is 0 Å². The van der Waals surface area contributed by atoms with Gasteiger partial charge in [0.05, 0.1) is 18.2 Å². The number of nitrogens with one attached hydrogen (secondary N) is 1. The van der Waals surface area contributed by atoms with Crippen molar-refractivity contribution in [3.05, 3.63) is 29.6 Å². The number of ether oxygens (including phenoxy) is 1. The van der Waals surface area contributed by atoms with Crippen LogP contribution in [-0.2, 0) is 4.74 Å². The zero-order chi connectivity index (χ0) is 13.4. The molecule has 3 rings (SSSR count). The van der Waals surface area contributed by atoms with Crippen LogP contribution in [0.25, 0.3) is 0 Å². The van der Waals surface area contributed by atoms with Crippen molar-refractivity contribution in [3.8, 4) is 0 Å². The Kier molecular flexibility index (Phi) is 2.94. The van der Waals surface area contributed by atoms with E-state index in [9.17, 15) is 9.59 Å². The van der Waals surface area contributed by atoms with Crippen molar-refractivity contribution in [2.75, 3.05) is 0 Å². The van der Waals surface area contributed by atoms with Crippen LogP contribution in [0.15, 0.2) is 18.2 Å². The second-order valence-electron chi connectivity index (χ2n) is 4.90. The Morgan fingerprint density at radius 3 is 2.74 bits per heavy atom. The standard InChI is InChI=1S/C13H14N2O4/c16-12(8-2-1-3-9(14-8)13(17)18)15-10-6-7-4-5-11(10)19-7/h1-3,7,10-11H,4-6H2,(H,15,16)(H,17,18)/t7-,10-,11+/m1/s1. The third kappa shape index (κ3) is 2.31. The topological polar surface area (TPSA) is 88.5 Å². The number of nitrogens with zero attached hydrogens (tertiary/aromatic N) is 1. The SMILES string of the molecule is O=C(O)c1cccc(C(=O)N[C@@H]2C[C@H]3CC[C@@H]2O3)n1. The largest absolute Gasteiger partial charge is 0.477 e. The Labute approximate surface area is 109 Å². The molecule has 0 unspecified atom stereocenters. The van der Waals surface area contributed by atoms with Gasteiger partial charge in [-0.05, 0) is 31.4 Å². The summed E-state index contributed by atoms with van der Waals surface area (Å²) in [4.78, 5) is 26.7. The maximum absolute atomic E-state index is 12.0. The Morgan fingerprint density at radius 2 is 2.11 bits per heavy atom. The highest BCUT2D eigenvalue weighted by molar-refractivity contribution is 5.94. The summed E-state index contributed by atoms with van der Waals surface area (Å²) in [7, 11) is 0. The number of amides is 1. The lowest BCUT2D eigenvalue weighted by Gasteiger charge is -2.19. The molecular formula is C13H14N2O4. The smallest absolute Gasteiger partial charge is 0.354 e. The molecule has 1 amide bonds. The first-order chi connectivity index (χ1) is 9.13. The summed E-state index contributed by atoms with van der Waals surface area (Å²) in [6.07, 6.45) is 3.21. The molecule has 1 aromatic heterocycles. The van der Waals surface area contributed by atoms with E-state index in [0.29, 0.717) is 0 Å². The van der Waals surface area contributed by atoms with E-state index in [0.717, 1.165) is 19.3 Å². The van der Waals surface area contributed by atoms with Crippen LogP contribution in [0.4, 0.5) is 0 Å². The summed E-state index contributed by atoms with van der Waals surface area (Å²) in [6, 6.07) is 4.40. The van der Waals surface area contributed by atoms with Crippen molar-refractivity contribution >= 4 is 11.9 Å². The van der Waals surface area contributed by atoms with E-state index in [1.54, 1.807) is 0 Å². The minimum absolute atomic E-state index is 0.0153. The fourth-order valence-electron chi connectivity index (χ4n) is 2.71. The molecule has 0 spiro atoms. The van der Waals surface area contributed by atoms with Gasteiger partial charge in [0.2, 0.25) is 0 Å². The van der Waals surface area contributed by atoms with E-state index in [1.165, 1.54) is 18.2 Å². The molecule has 0 saturated carbocycles. The predicted molar refractivity (Wildman–Crippen MR) is 65.0 cm³/mol. The number of hydrogen-bond acceptors (Lipinski definition) is 4. The molecule has 3 heterocycles. The van der Waals surface area contributed by atoms with Gasteiger partial charge in [0.1, 0.15) is 11.4 Å². The summed E-state index contributed by atoms with van der Waals surface area (Å²) in [5.41, 5.74) is -0.000448. The van der Waals surface area contributed by atoms with Gasteiger partial charge in [0.15, 0.2) is 0 Å². The fourth-order valence-corrected chi connectivity index (χ4v) is 2.71. The first-order valence-corrected chi connectivity index (χ1v) is 6.30. The van der Waals surface area contributed by atoms with E-state index >= 15 is 0 Å². The lowest BCUT2D eigenvalue weighted by Crippen LogP contribution is -2.41. The molecule has 1 aromatic rings. The summed E-state index contributed by atoms with van der Waals surface area (Å²) < 4.78 is 5.65. The van der Waals surface area contributed by atoms with Gasteiger partial charge in [-0.25, -0.2) is 9.78 Å². The average Bonchev–Trinajstić information content (AvgIpc) is 3.01. The van der Waals surface area contributed by atoms with Crippen LogP contribution in [-0.4, -0.2) is 40.2 Å². The normalized spacial score (nSPS) is 28.3. The Balaban J connectivity index is 1.70. The molecule has 2 saturated heterocycles. The molecule has 2 bridgehead atoms. The molecule has 2 aliphatic rings. The quantitative estimate of drug-likeness (QED) is 0.842. The molecule has 0 radical (unpaired) electrons. The molecule has 19 heavy (non-hydrogen) atoms. The Hall–Kier alpha value is -1.95. The molecule has 2 aliphatic heterocycles. The number of fused-ring (bicyclic) bond motifs is 2. The van der Waals surface area contributed by atoms with Crippen LogP contribution in [0.5, 0.6) is 0 Å². The third-order valence-electron chi connectivity index (χ3n) is 3.62. The van der Waals surface area contributed by atoms with Crippen LogP contribution in [0.1, 0.15) is 40.2 Å². The number of pyridine rings is 1. The van der Waals surface area contributed by atoms with Crippen LogP contribution in [0, 0.1) is 0 Å². The Bertz CT molecular complexity index is 531. The maximum atomic E-state index is 12.0. The molecule has 3 atom stereocenters. The minimum Gasteiger partial charge on any atom is -0.477 e. The lowest BCUT2D eigenvalue weighted by atomic mass is 9.95. The molecule has 0 aliphatic carbocycles. The van der Waals surface area contributed by atoms with Gasteiger partial charge in [0.25, 0.3) is 5.91 Å². The monoisotopic (exact) mass is 262 g/mol. The molecule has 6 heteroatoms. The number of carboxylic acids is 1. The average molecular weight is 262 g/mol. The molecule has 2 fully saturated rings. The molecule has 2 N–H and O–H groups in total. The van der Waals surface area contributed by atoms with Crippen molar-refractivity contribution in [2.45, 2.75) is 37.5 Å². The van der Waals surface area contributed by atoms with E-state index in [2.05, 4.69) is 10.3 Å². The highest BCUT2D eigenvalue weighted by Crippen LogP contribution is 2.34. The van der Waals surface area contributed by atoms with Crippen LogP contribution >= 0.6 is 0 Å². The van der Waals surface area contributed by atoms with Gasteiger partial charge >= 0.3 is 5.97 Å². The first-order valence-electron chi connectivity index (χ1n) is 6.30. The molecule has 6 nitrogen and oxygen atoms in total. The van der Waals surface area contributed by atoms with E-state index in [-0.39, 0.29) is 35.5 Å². The summed E-state index contributed by atoms with van der Waals surface area (Å²) in [5, 5.41) is 11.7. The minimum atomic E-state index is -1.14. The molecule has 0 aromatic carbocycles. The van der Waals surface area contributed by atoms with E-state index in [4.69, 9.17) is 9.84 Å². The molecule has 100 valence electrons. The number of carboxylic acid groups (broad SMARTS) is 1.